The number of aromatic nitrogens is 5. The second-order valence-corrected chi connectivity index (χ2v) is 9.73. The molecular formula is C28H33FN6O4. The summed E-state index contributed by atoms with van der Waals surface area (Å²) in [5, 5.41) is 13.4. The van der Waals surface area contributed by atoms with Crippen molar-refractivity contribution in [2.75, 3.05) is 27.4 Å². The van der Waals surface area contributed by atoms with Crippen LogP contribution in [-0.2, 0) is 17.8 Å². The predicted octanol–water partition coefficient (Wildman–Crippen LogP) is 3.85. The van der Waals surface area contributed by atoms with E-state index in [1.807, 2.05) is 12.1 Å². The zero-order valence-corrected chi connectivity index (χ0v) is 22.4. The molecule has 11 heteroatoms. The number of rotatable bonds is 11. The van der Waals surface area contributed by atoms with Crippen LogP contribution in [0.25, 0.3) is 10.9 Å². The van der Waals surface area contributed by atoms with Crippen molar-refractivity contribution in [1.29, 1.82) is 0 Å². The smallest absolute Gasteiger partial charge is 0.252 e. The van der Waals surface area contributed by atoms with Crippen molar-refractivity contribution < 1.29 is 18.6 Å². The average molecular weight is 537 g/mol. The van der Waals surface area contributed by atoms with E-state index in [1.54, 1.807) is 37.1 Å². The van der Waals surface area contributed by atoms with Crippen LogP contribution in [0.2, 0.25) is 0 Å². The Balaban J connectivity index is 1.48. The molecule has 0 radical (unpaired) electrons. The first-order valence-electron chi connectivity index (χ1n) is 13.1. The number of nitrogens with one attached hydrogen (secondary N) is 1. The van der Waals surface area contributed by atoms with Crippen LogP contribution >= 0.6 is 0 Å². The molecule has 1 aliphatic heterocycles. The van der Waals surface area contributed by atoms with E-state index < -0.39 is 0 Å². The van der Waals surface area contributed by atoms with Gasteiger partial charge in [-0.1, -0.05) is 19.1 Å². The van der Waals surface area contributed by atoms with Crippen molar-refractivity contribution in [3.63, 3.8) is 0 Å². The second kappa shape index (κ2) is 11.9. The van der Waals surface area contributed by atoms with Crippen LogP contribution in [0.3, 0.4) is 0 Å². The van der Waals surface area contributed by atoms with Gasteiger partial charge in [0.2, 0.25) is 0 Å². The maximum Gasteiger partial charge on any atom is 0.252 e. The van der Waals surface area contributed by atoms with Crippen molar-refractivity contribution in [2.24, 2.45) is 0 Å². The van der Waals surface area contributed by atoms with Gasteiger partial charge in [0.25, 0.3) is 5.56 Å². The Morgan fingerprint density at radius 1 is 1.18 bits per heavy atom. The largest absolute Gasteiger partial charge is 0.493 e. The number of tetrazole rings is 1. The Morgan fingerprint density at radius 2 is 1.95 bits per heavy atom. The summed E-state index contributed by atoms with van der Waals surface area (Å²) >= 11 is 0. The lowest BCUT2D eigenvalue weighted by Crippen LogP contribution is -2.37. The second-order valence-electron chi connectivity index (χ2n) is 9.73. The number of hydrogen-bond donors (Lipinski definition) is 1. The van der Waals surface area contributed by atoms with Crippen LogP contribution in [0.1, 0.15) is 49.2 Å². The molecule has 2 aromatic heterocycles. The first kappa shape index (κ1) is 26.8. The SMILES string of the molecule is CC[C@@H](c1nnnn1Cc1ccc(F)cc1)N(Cc1cc2cc(OC)c(OC)cc2[nH]c1=O)C[C@@H]1CCCO1. The lowest BCUT2D eigenvalue weighted by Gasteiger charge is -2.32. The Hall–Kier alpha value is -3.83. The summed E-state index contributed by atoms with van der Waals surface area (Å²) in [6.45, 7) is 4.22. The maximum atomic E-state index is 13.4. The molecule has 0 bridgehead atoms. The molecule has 1 saturated heterocycles. The summed E-state index contributed by atoms with van der Waals surface area (Å²) in [7, 11) is 3.15. The maximum absolute atomic E-state index is 13.4. The number of pyridine rings is 1. The van der Waals surface area contributed by atoms with Crippen molar-refractivity contribution >= 4 is 10.9 Å². The predicted molar refractivity (Wildman–Crippen MR) is 143 cm³/mol. The van der Waals surface area contributed by atoms with Gasteiger partial charge in [-0.15, -0.1) is 5.10 Å². The lowest BCUT2D eigenvalue weighted by molar-refractivity contribution is 0.0489. The number of ether oxygens (including phenoxy) is 3. The molecule has 0 spiro atoms. The molecule has 0 aliphatic carbocycles. The summed E-state index contributed by atoms with van der Waals surface area (Å²) < 4.78 is 32.0. The Labute approximate surface area is 225 Å². The van der Waals surface area contributed by atoms with Crippen molar-refractivity contribution in [3.8, 4) is 11.5 Å². The van der Waals surface area contributed by atoms with E-state index in [2.05, 4.69) is 32.3 Å². The fourth-order valence-electron chi connectivity index (χ4n) is 5.20. The number of H-pyrrole nitrogens is 1. The van der Waals surface area contributed by atoms with E-state index in [4.69, 9.17) is 14.2 Å². The zero-order valence-electron chi connectivity index (χ0n) is 22.4. The molecule has 2 aromatic carbocycles. The molecule has 39 heavy (non-hydrogen) atoms. The van der Waals surface area contributed by atoms with Crippen molar-refractivity contribution in [3.05, 3.63) is 75.6 Å². The van der Waals surface area contributed by atoms with Gasteiger partial charge in [0, 0.05) is 36.7 Å². The minimum absolute atomic E-state index is 0.0596. The number of methoxy groups -OCH3 is 2. The van der Waals surface area contributed by atoms with Gasteiger partial charge >= 0.3 is 0 Å². The monoisotopic (exact) mass is 536 g/mol. The van der Waals surface area contributed by atoms with E-state index in [0.717, 1.165) is 30.4 Å². The molecule has 5 rings (SSSR count). The van der Waals surface area contributed by atoms with E-state index in [0.29, 0.717) is 54.5 Å². The molecule has 1 fully saturated rings. The van der Waals surface area contributed by atoms with Crippen LogP contribution in [0, 0.1) is 5.82 Å². The van der Waals surface area contributed by atoms with Crippen LogP contribution in [0.15, 0.2) is 47.3 Å². The third kappa shape index (κ3) is 5.94. The summed E-state index contributed by atoms with van der Waals surface area (Å²) in [4.78, 5) is 18.5. The van der Waals surface area contributed by atoms with Gasteiger partial charge in [0.05, 0.1) is 38.4 Å². The van der Waals surface area contributed by atoms with Crippen molar-refractivity contribution in [1.82, 2.24) is 30.1 Å². The molecule has 1 aliphatic rings. The highest BCUT2D eigenvalue weighted by Gasteiger charge is 2.29. The summed E-state index contributed by atoms with van der Waals surface area (Å²) in [6, 6.07) is 11.7. The molecule has 3 heterocycles. The average Bonchev–Trinajstić information content (AvgIpc) is 3.62. The first-order chi connectivity index (χ1) is 19.0. The summed E-state index contributed by atoms with van der Waals surface area (Å²) in [5.74, 6) is 1.53. The Bertz CT molecular complexity index is 1470. The molecule has 4 aromatic rings. The van der Waals surface area contributed by atoms with Gasteiger partial charge in [-0.2, -0.15) is 0 Å². The number of benzene rings is 2. The van der Waals surface area contributed by atoms with Crippen LogP contribution in [0.5, 0.6) is 11.5 Å². The highest BCUT2D eigenvalue weighted by atomic mass is 19.1. The van der Waals surface area contributed by atoms with E-state index in [1.165, 1.54) is 12.1 Å². The third-order valence-corrected chi connectivity index (χ3v) is 7.19. The number of nitrogens with zero attached hydrogens (tertiary/aromatic N) is 5. The number of hydrogen-bond acceptors (Lipinski definition) is 8. The lowest BCUT2D eigenvalue weighted by atomic mass is 10.1. The Kier molecular flexibility index (Phi) is 8.18. The quantitative estimate of drug-likeness (QED) is 0.308. The topological polar surface area (TPSA) is 107 Å². The van der Waals surface area contributed by atoms with Gasteiger partial charge < -0.3 is 19.2 Å². The van der Waals surface area contributed by atoms with Gasteiger partial charge in [-0.25, -0.2) is 9.07 Å². The molecular weight excluding hydrogens is 503 g/mol. The molecule has 0 saturated carbocycles. The highest BCUT2D eigenvalue weighted by Crippen LogP contribution is 2.32. The fraction of sp³-hybridized carbons (Fsp3) is 0.429. The van der Waals surface area contributed by atoms with Gasteiger partial charge in [0.15, 0.2) is 17.3 Å². The number of fused-ring (bicyclic) bond motifs is 1. The molecule has 10 nitrogen and oxygen atoms in total. The summed E-state index contributed by atoms with van der Waals surface area (Å²) in [5.41, 5.74) is 2.00. The summed E-state index contributed by atoms with van der Waals surface area (Å²) in [6.07, 6.45) is 2.74. The molecule has 206 valence electrons. The Morgan fingerprint density at radius 3 is 2.64 bits per heavy atom. The number of halogens is 1. The molecule has 2 atom stereocenters. The van der Waals surface area contributed by atoms with Gasteiger partial charge in [0.1, 0.15) is 5.82 Å². The van der Waals surface area contributed by atoms with Gasteiger partial charge in [-0.3, -0.25) is 9.69 Å². The van der Waals surface area contributed by atoms with E-state index >= 15 is 0 Å². The first-order valence-corrected chi connectivity index (χ1v) is 13.1. The highest BCUT2D eigenvalue weighted by molar-refractivity contribution is 5.83. The van der Waals surface area contributed by atoms with Crippen LogP contribution in [-0.4, -0.2) is 63.6 Å². The molecule has 1 N–H and O–H groups in total. The van der Waals surface area contributed by atoms with E-state index in [-0.39, 0.29) is 23.5 Å². The van der Waals surface area contributed by atoms with E-state index in [9.17, 15) is 9.18 Å². The number of aromatic amines is 1. The minimum Gasteiger partial charge on any atom is -0.493 e. The van der Waals surface area contributed by atoms with Crippen LogP contribution in [0.4, 0.5) is 4.39 Å². The standard InChI is InChI=1S/C28H33FN6O4/c1-4-24(27-31-32-33-35(27)15-18-7-9-21(29)10-8-18)34(17-22-6-5-11-39-22)16-20-12-19-13-25(37-2)26(38-3)14-23(19)30-28(20)36/h7-10,12-14,22,24H,4-6,11,15-17H2,1-3H3,(H,30,36)/t22-,24-/m0/s1. The van der Waals surface area contributed by atoms with Crippen LogP contribution < -0.4 is 15.0 Å². The molecule has 0 amide bonds. The van der Waals surface area contributed by atoms with Crippen molar-refractivity contribution in [2.45, 2.75) is 51.4 Å². The third-order valence-electron chi connectivity index (χ3n) is 7.19. The minimum atomic E-state index is -0.290. The normalized spacial score (nSPS) is 16.2. The molecule has 0 unspecified atom stereocenters. The van der Waals surface area contributed by atoms with Gasteiger partial charge in [-0.05, 0) is 59.5 Å². The fourth-order valence-corrected chi connectivity index (χ4v) is 5.20. The zero-order chi connectivity index (χ0) is 27.4.